The van der Waals surface area contributed by atoms with Crippen LogP contribution in [0, 0.1) is 18.2 Å². The second-order valence-electron chi connectivity index (χ2n) is 6.88. The molecule has 0 aliphatic heterocycles. The van der Waals surface area contributed by atoms with Crippen molar-refractivity contribution in [2.75, 3.05) is 19.8 Å². The maximum absolute atomic E-state index is 13.3. The van der Waals surface area contributed by atoms with E-state index in [-0.39, 0.29) is 29.8 Å². The van der Waals surface area contributed by atoms with E-state index in [2.05, 4.69) is 0 Å². The average Bonchev–Trinajstić information content (AvgIpc) is 3.31. The summed E-state index contributed by atoms with van der Waals surface area (Å²) in [4.78, 5) is 0.284. The van der Waals surface area contributed by atoms with Gasteiger partial charge in [-0.15, -0.1) is 0 Å². The lowest BCUT2D eigenvalue weighted by Crippen LogP contribution is -2.29. The molecule has 4 nitrogen and oxygen atoms in total. The molecule has 3 rings (SSSR count). The fraction of sp³-hybridized carbons (Fsp3) is 0.400. The van der Waals surface area contributed by atoms with Gasteiger partial charge in [0.15, 0.2) is 9.84 Å². The van der Waals surface area contributed by atoms with E-state index in [0.717, 1.165) is 11.1 Å². The molecule has 0 amide bonds. The molecule has 0 aromatic heterocycles. The molecule has 1 saturated carbocycles. The summed E-state index contributed by atoms with van der Waals surface area (Å²) < 4.78 is 45.5. The highest BCUT2D eigenvalue weighted by atomic mass is 32.2. The summed E-state index contributed by atoms with van der Waals surface area (Å²) in [5.41, 5.74) is 7.11. The number of halogens is 1. The van der Waals surface area contributed by atoms with Crippen LogP contribution in [0.2, 0.25) is 0 Å². The van der Waals surface area contributed by atoms with Gasteiger partial charge in [0.25, 0.3) is 0 Å². The first kappa shape index (κ1) is 19.0. The first-order valence-electron chi connectivity index (χ1n) is 8.70. The Morgan fingerprint density at radius 2 is 1.73 bits per heavy atom. The largest absolute Gasteiger partial charge is 0.381 e. The van der Waals surface area contributed by atoms with Crippen molar-refractivity contribution in [3.05, 3.63) is 65.5 Å². The van der Waals surface area contributed by atoms with Crippen LogP contribution in [-0.4, -0.2) is 33.4 Å². The van der Waals surface area contributed by atoms with Crippen molar-refractivity contribution in [2.45, 2.75) is 29.9 Å². The molecular formula is C20H24FNO3S. The number of benzene rings is 2. The Kier molecular flexibility index (Phi) is 5.19. The zero-order valence-electron chi connectivity index (χ0n) is 15.0. The monoisotopic (exact) mass is 377 g/mol. The van der Waals surface area contributed by atoms with Crippen LogP contribution < -0.4 is 5.73 Å². The first-order chi connectivity index (χ1) is 12.4. The zero-order chi connectivity index (χ0) is 18.9. The van der Waals surface area contributed by atoms with Crippen LogP contribution in [0.25, 0.3) is 0 Å². The Morgan fingerprint density at radius 3 is 2.27 bits per heavy atom. The summed E-state index contributed by atoms with van der Waals surface area (Å²) in [6.45, 7) is 4.70. The van der Waals surface area contributed by atoms with E-state index in [1.807, 2.05) is 13.8 Å². The minimum atomic E-state index is -3.59. The van der Waals surface area contributed by atoms with E-state index in [1.165, 1.54) is 12.1 Å². The molecule has 0 heterocycles. The van der Waals surface area contributed by atoms with Crippen molar-refractivity contribution in [3.63, 3.8) is 0 Å². The highest BCUT2D eigenvalue weighted by molar-refractivity contribution is 7.92. The van der Waals surface area contributed by atoms with Gasteiger partial charge >= 0.3 is 0 Å². The van der Waals surface area contributed by atoms with Gasteiger partial charge in [0.1, 0.15) is 5.82 Å². The fourth-order valence-electron chi connectivity index (χ4n) is 3.76. The summed E-state index contributed by atoms with van der Waals surface area (Å²) in [5.74, 6) is -0.665. The van der Waals surface area contributed by atoms with Gasteiger partial charge in [-0.1, -0.05) is 29.8 Å². The minimum absolute atomic E-state index is 0.185. The van der Waals surface area contributed by atoms with Crippen molar-refractivity contribution in [1.29, 1.82) is 0 Å². The van der Waals surface area contributed by atoms with E-state index in [0.29, 0.717) is 6.61 Å². The molecule has 1 aliphatic carbocycles. The molecule has 1 fully saturated rings. The van der Waals surface area contributed by atoms with Gasteiger partial charge in [-0.3, -0.25) is 0 Å². The molecule has 2 aromatic rings. The maximum atomic E-state index is 13.3. The maximum Gasteiger partial charge on any atom is 0.182 e. The molecule has 1 aliphatic rings. The summed E-state index contributed by atoms with van der Waals surface area (Å²) in [6.07, 6.45) is 0. The van der Waals surface area contributed by atoms with Crippen LogP contribution in [0.4, 0.5) is 4.39 Å². The lowest BCUT2D eigenvalue weighted by Gasteiger charge is -2.16. The van der Waals surface area contributed by atoms with Crippen molar-refractivity contribution in [2.24, 2.45) is 11.1 Å². The van der Waals surface area contributed by atoms with Crippen molar-refractivity contribution < 1.29 is 17.5 Å². The van der Waals surface area contributed by atoms with Crippen molar-refractivity contribution in [1.82, 2.24) is 0 Å². The summed E-state index contributed by atoms with van der Waals surface area (Å²) in [5, 5.41) is -0.681. The van der Waals surface area contributed by atoms with Crippen LogP contribution >= 0.6 is 0 Å². The number of sulfone groups is 1. The van der Waals surface area contributed by atoms with Gasteiger partial charge in [-0.2, -0.15) is 0 Å². The molecule has 0 spiro atoms. The van der Waals surface area contributed by atoms with E-state index in [4.69, 9.17) is 10.5 Å². The lowest BCUT2D eigenvalue weighted by molar-refractivity contribution is 0.101. The molecule has 26 heavy (non-hydrogen) atoms. The third-order valence-corrected chi connectivity index (χ3v) is 7.59. The second kappa shape index (κ2) is 7.10. The van der Waals surface area contributed by atoms with E-state index < -0.39 is 20.5 Å². The van der Waals surface area contributed by atoms with Gasteiger partial charge in [-0.25, -0.2) is 12.8 Å². The first-order valence-corrected chi connectivity index (χ1v) is 10.3. The van der Waals surface area contributed by atoms with Crippen LogP contribution in [0.15, 0.2) is 53.4 Å². The molecule has 0 unspecified atom stereocenters. The second-order valence-corrected chi connectivity index (χ2v) is 8.95. The van der Waals surface area contributed by atoms with Crippen LogP contribution in [0.3, 0.4) is 0 Å². The number of hydrogen-bond donors (Lipinski definition) is 1. The molecule has 0 bridgehead atoms. The van der Waals surface area contributed by atoms with Crippen LogP contribution in [0.5, 0.6) is 0 Å². The van der Waals surface area contributed by atoms with Crippen LogP contribution in [0.1, 0.15) is 24.0 Å². The quantitative estimate of drug-likeness (QED) is 0.805. The fourth-order valence-corrected chi connectivity index (χ4v) is 6.20. The molecule has 2 aromatic carbocycles. The number of rotatable bonds is 7. The Labute approximate surface area is 154 Å². The van der Waals surface area contributed by atoms with Crippen LogP contribution in [-0.2, 0) is 14.6 Å². The molecule has 2 N–H and O–H groups in total. The molecular weight excluding hydrogens is 353 g/mol. The Morgan fingerprint density at radius 1 is 1.12 bits per heavy atom. The Balaban J connectivity index is 2.03. The number of ether oxygens (including phenoxy) is 1. The van der Waals surface area contributed by atoms with Gasteiger partial charge in [-0.05, 0) is 43.7 Å². The van der Waals surface area contributed by atoms with Crippen molar-refractivity contribution >= 4 is 9.84 Å². The summed E-state index contributed by atoms with van der Waals surface area (Å²) in [6, 6.07) is 12.8. The van der Waals surface area contributed by atoms with E-state index in [9.17, 15) is 12.8 Å². The predicted octanol–water partition coefficient (Wildman–Crippen LogP) is 3.06. The molecule has 3 atom stereocenters. The molecule has 140 valence electrons. The van der Waals surface area contributed by atoms with Gasteiger partial charge in [0, 0.05) is 24.5 Å². The summed E-state index contributed by atoms with van der Waals surface area (Å²) in [7, 11) is -3.59. The molecule has 6 heteroatoms. The third-order valence-electron chi connectivity index (χ3n) is 5.25. The number of hydrogen-bond acceptors (Lipinski definition) is 4. The highest BCUT2D eigenvalue weighted by Gasteiger charge is 2.70. The van der Waals surface area contributed by atoms with Gasteiger partial charge in [0.05, 0.1) is 16.8 Å². The lowest BCUT2D eigenvalue weighted by atomic mass is 10.00. The van der Waals surface area contributed by atoms with E-state index >= 15 is 0 Å². The minimum Gasteiger partial charge on any atom is -0.381 e. The van der Waals surface area contributed by atoms with Gasteiger partial charge in [0.2, 0.25) is 0 Å². The smallest absolute Gasteiger partial charge is 0.182 e. The summed E-state index contributed by atoms with van der Waals surface area (Å²) >= 11 is 0. The topological polar surface area (TPSA) is 69.4 Å². The third kappa shape index (κ3) is 3.17. The van der Waals surface area contributed by atoms with E-state index in [1.54, 1.807) is 36.4 Å². The SMILES string of the molecule is CCOC[C@@]1(CN)[C@@H](c2ccc(F)cc2)[C@@H]1S(=O)(=O)c1ccc(C)cc1. The Hall–Kier alpha value is -1.76. The standard InChI is InChI=1S/C20H24FNO3S/c1-3-25-13-20(12-22)18(15-6-8-16(21)9-7-15)19(20)26(23,24)17-10-4-14(2)5-11-17/h4-11,18-19H,3,12-13,22H2,1-2H3/t18-,19-,20-/m0/s1. The Bertz CT molecular complexity index is 865. The number of aryl methyl sites for hydroxylation is 1. The molecule has 0 radical (unpaired) electrons. The predicted molar refractivity (Wildman–Crippen MR) is 99.3 cm³/mol. The normalized spacial score (nSPS) is 25.2. The average molecular weight is 377 g/mol. The zero-order valence-corrected chi connectivity index (χ0v) is 15.8. The van der Waals surface area contributed by atoms with Gasteiger partial charge < -0.3 is 10.5 Å². The van der Waals surface area contributed by atoms with Crippen molar-refractivity contribution in [3.8, 4) is 0 Å². The molecule has 0 saturated heterocycles. The highest BCUT2D eigenvalue weighted by Crippen LogP contribution is 2.63. The number of nitrogens with two attached hydrogens (primary N) is 1.